The van der Waals surface area contributed by atoms with Crippen LogP contribution in [0.25, 0.3) is 0 Å². The Labute approximate surface area is 99.1 Å². The van der Waals surface area contributed by atoms with Gasteiger partial charge in [0.15, 0.2) is 0 Å². The van der Waals surface area contributed by atoms with Crippen molar-refractivity contribution >= 4 is 11.9 Å². The molecule has 0 N–H and O–H groups in total. The molecule has 5 heteroatoms. The number of nitrogens with zero attached hydrogens (tertiary/aromatic N) is 1. The third-order valence-corrected chi connectivity index (χ3v) is 2.42. The van der Waals surface area contributed by atoms with Crippen molar-refractivity contribution < 1.29 is 33.6 Å². The molecule has 72 valence electrons. The maximum Gasteiger partial charge on any atom is 1.00 e. The summed E-state index contributed by atoms with van der Waals surface area (Å²) in [6.07, 6.45) is 0. The Kier molecular flexibility index (Phi) is 3.23. The fourth-order valence-electron chi connectivity index (χ4n) is 1.73. The summed E-state index contributed by atoms with van der Waals surface area (Å²) in [5.74, 6) is -1.51. The van der Waals surface area contributed by atoms with Gasteiger partial charge in [0, 0.05) is 12.6 Å². The Morgan fingerprint density at radius 1 is 1.40 bits per heavy atom. The number of carbonyl (C=O) groups excluding carboxylic acids is 2. The molecule has 1 aliphatic rings. The van der Waals surface area contributed by atoms with Crippen molar-refractivity contribution in [3.05, 3.63) is 35.4 Å². The van der Waals surface area contributed by atoms with E-state index in [1.54, 1.807) is 24.3 Å². The van der Waals surface area contributed by atoms with Crippen LogP contribution in [0.15, 0.2) is 24.3 Å². The molecule has 4 nitrogen and oxygen atoms in total. The fraction of sp³-hybridized carbons (Fsp3) is 0.200. The van der Waals surface area contributed by atoms with E-state index in [2.05, 4.69) is 0 Å². The van der Waals surface area contributed by atoms with E-state index in [0.717, 1.165) is 0 Å². The average Bonchev–Trinajstić information content (AvgIpc) is 2.41. The van der Waals surface area contributed by atoms with Crippen LogP contribution in [0.2, 0.25) is 0 Å². The van der Waals surface area contributed by atoms with Crippen molar-refractivity contribution in [3.63, 3.8) is 0 Å². The van der Waals surface area contributed by atoms with Gasteiger partial charge in [-0.15, -0.1) is 0 Å². The fourth-order valence-corrected chi connectivity index (χ4v) is 1.73. The summed E-state index contributed by atoms with van der Waals surface area (Å²) in [7, 11) is 1.46. The largest absolute Gasteiger partial charge is 1.00 e. The van der Waals surface area contributed by atoms with Gasteiger partial charge in [-0.05, 0) is 11.6 Å². The van der Waals surface area contributed by atoms with Crippen LogP contribution in [0, 0.1) is 0 Å². The third-order valence-electron chi connectivity index (χ3n) is 2.42. The molecule has 1 unspecified atom stereocenters. The zero-order valence-corrected chi connectivity index (χ0v) is 8.56. The molecule has 1 aromatic carbocycles. The number of amides is 1. The van der Waals surface area contributed by atoms with E-state index in [-0.39, 0.29) is 24.8 Å². The minimum atomic E-state index is -1.24. The number of likely N-dealkylation sites (N-methyl/N-ethyl adjacent to an activating group) is 1. The van der Waals surface area contributed by atoms with Crippen LogP contribution in [-0.2, 0) is 4.79 Å². The molecule has 0 fully saturated rings. The normalized spacial score (nSPS) is 18.3. The number of hydrogen-bond donors (Lipinski definition) is 0. The molecule has 0 bridgehead atoms. The van der Waals surface area contributed by atoms with E-state index in [9.17, 15) is 14.7 Å². The van der Waals surface area contributed by atoms with E-state index >= 15 is 0 Å². The molecular weight excluding hydrogens is 189 g/mol. The first-order valence-electron chi connectivity index (χ1n) is 4.20. The quantitative estimate of drug-likeness (QED) is 0.440. The van der Waals surface area contributed by atoms with E-state index < -0.39 is 12.0 Å². The molecule has 1 aliphatic heterocycles. The second-order valence-electron chi connectivity index (χ2n) is 3.22. The maximum atomic E-state index is 11.5. The third kappa shape index (κ3) is 1.67. The number of fused-ring (bicyclic) bond motifs is 1. The van der Waals surface area contributed by atoms with Crippen LogP contribution in [0.5, 0.6) is 0 Å². The molecule has 1 amide bonds. The van der Waals surface area contributed by atoms with Crippen molar-refractivity contribution in [1.29, 1.82) is 0 Å². The van der Waals surface area contributed by atoms with Crippen LogP contribution >= 0.6 is 0 Å². The Balaban J connectivity index is 0.00000112. The van der Waals surface area contributed by atoms with Crippen LogP contribution in [0.3, 0.4) is 0 Å². The molecule has 0 aromatic heterocycles. The summed E-state index contributed by atoms with van der Waals surface area (Å²) in [5.41, 5.74) is 0.962. The first kappa shape index (κ1) is 11.8. The molecule has 0 saturated carbocycles. The van der Waals surface area contributed by atoms with Crippen molar-refractivity contribution in [2.24, 2.45) is 0 Å². The number of carboxylic acids is 1. The van der Waals surface area contributed by atoms with Gasteiger partial charge in [0.25, 0.3) is 5.91 Å². The first-order valence-corrected chi connectivity index (χ1v) is 4.20. The smallest absolute Gasteiger partial charge is 0.548 e. The summed E-state index contributed by atoms with van der Waals surface area (Å²) in [6.45, 7) is 0. The number of rotatable bonds is 1. The number of benzene rings is 1. The maximum absolute atomic E-state index is 11.5. The molecule has 0 saturated heterocycles. The Hall–Kier alpha value is -1.24. The van der Waals surface area contributed by atoms with Gasteiger partial charge in [-0.3, -0.25) is 4.79 Å². The predicted octanol–water partition coefficient (Wildman–Crippen LogP) is -3.43. The van der Waals surface area contributed by atoms with Gasteiger partial charge in [-0.25, -0.2) is 0 Å². The van der Waals surface area contributed by atoms with Crippen molar-refractivity contribution in [2.45, 2.75) is 6.04 Å². The molecule has 2 rings (SSSR count). The minimum absolute atomic E-state index is 0. The Morgan fingerprint density at radius 3 is 2.60 bits per heavy atom. The molecule has 0 aliphatic carbocycles. The van der Waals surface area contributed by atoms with E-state index in [0.29, 0.717) is 11.1 Å². The number of aliphatic carboxylic acids is 1. The van der Waals surface area contributed by atoms with E-state index in [1.165, 1.54) is 11.9 Å². The number of carbonyl (C=O) groups is 2. The minimum Gasteiger partial charge on any atom is -0.548 e. The molecule has 1 heterocycles. The standard InChI is InChI=1S/C10H9NO3.Li/c1-11-8(10(13)14)6-4-2-3-5-7(6)9(11)12;/h2-5,8H,1H3,(H,13,14);/q;+1/p-1. The van der Waals surface area contributed by atoms with Gasteiger partial charge < -0.3 is 14.8 Å². The Morgan fingerprint density at radius 2 is 2.00 bits per heavy atom. The second kappa shape index (κ2) is 4.09. The van der Waals surface area contributed by atoms with Gasteiger partial charge in [0.1, 0.15) is 0 Å². The van der Waals surface area contributed by atoms with Gasteiger partial charge >= 0.3 is 18.9 Å². The zero-order valence-electron chi connectivity index (χ0n) is 8.56. The molecule has 1 atom stereocenters. The van der Waals surface area contributed by atoms with Crippen LogP contribution in [0.4, 0.5) is 0 Å². The predicted molar refractivity (Wildman–Crippen MR) is 46.3 cm³/mol. The van der Waals surface area contributed by atoms with Gasteiger partial charge in [-0.2, -0.15) is 0 Å². The summed E-state index contributed by atoms with van der Waals surface area (Å²) in [6, 6.07) is 5.73. The van der Waals surface area contributed by atoms with Crippen molar-refractivity contribution in [2.75, 3.05) is 7.05 Å². The van der Waals surface area contributed by atoms with Crippen LogP contribution in [0.1, 0.15) is 22.0 Å². The zero-order chi connectivity index (χ0) is 10.3. The average molecular weight is 197 g/mol. The molecular formula is C10H8LiNO3. The second-order valence-corrected chi connectivity index (χ2v) is 3.22. The van der Waals surface area contributed by atoms with Gasteiger partial charge in [0.05, 0.1) is 12.0 Å². The van der Waals surface area contributed by atoms with Crippen molar-refractivity contribution in [1.82, 2.24) is 4.90 Å². The Bertz CT molecular complexity index is 419. The van der Waals surface area contributed by atoms with Gasteiger partial charge in [0.2, 0.25) is 0 Å². The van der Waals surface area contributed by atoms with Gasteiger partial charge in [-0.1, -0.05) is 18.2 Å². The summed E-state index contributed by atoms with van der Waals surface area (Å²) in [5, 5.41) is 10.8. The SMILES string of the molecule is CN1C(=O)c2ccccc2C1C(=O)[O-].[Li+]. The monoisotopic (exact) mass is 197 g/mol. The first-order chi connectivity index (χ1) is 6.63. The van der Waals surface area contributed by atoms with E-state index in [1.807, 2.05) is 0 Å². The molecule has 0 spiro atoms. The number of carboxylic acid groups (broad SMARTS) is 1. The molecule has 15 heavy (non-hydrogen) atoms. The van der Waals surface area contributed by atoms with E-state index in [4.69, 9.17) is 0 Å². The summed E-state index contributed by atoms with van der Waals surface area (Å²) in [4.78, 5) is 23.5. The summed E-state index contributed by atoms with van der Waals surface area (Å²) >= 11 is 0. The topological polar surface area (TPSA) is 60.4 Å². The van der Waals surface area contributed by atoms with Crippen LogP contribution in [-0.4, -0.2) is 23.8 Å². The van der Waals surface area contributed by atoms with Crippen LogP contribution < -0.4 is 24.0 Å². The van der Waals surface area contributed by atoms with Crippen molar-refractivity contribution in [3.8, 4) is 0 Å². The summed E-state index contributed by atoms with van der Waals surface area (Å²) < 4.78 is 0. The number of hydrogen-bond acceptors (Lipinski definition) is 3. The molecule has 1 aromatic rings. The molecule has 0 radical (unpaired) electrons.